The molecule has 0 atom stereocenters. The second-order valence-corrected chi connectivity index (χ2v) is 7.16. The Morgan fingerprint density at radius 3 is 2.43 bits per heavy atom. The average molecular weight is 378 g/mol. The molecule has 118 valence electrons. The van der Waals surface area contributed by atoms with Crippen molar-refractivity contribution in [2.75, 3.05) is 25.4 Å². The van der Waals surface area contributed by atoms with Gasteiger partial charge in [-0.25, -0.2) is 13.1 Å². The molecular weight excluding hydrogens is 358 g/mol. The molecule has 1 aromatic carbocycles. The van der Waals surface area contributed by atoms with E-state index in [1.165, 1.54) is 6.07 Å². The fraction of sp³-hybridized carbons (Fsp3) is 0.462. The van der Waals surface area contributed by atoms with Crippen molar-refractivity contribution in [3.8, 4) is 0 Å². The van der Waals surface area contributed by atoms with Crippen LogP contribution in [0.2, 0.25) is 0 Å². The number of anilines is 1. The van der Waals surface area contributed by atoms with Crippen LogP contribution in [0.4, 0.5) is 5.69 Å². The molecule has 0 spiro atoms. The Balaban J connectivity index is 2.96. The number of sulfonamides is 1. The van der Waals surface area contributed by atoms with Crippen molar-refractivity contribution in [3.63, 3.8) is 0 Å². The lowest BCUT2D eigenvalue weighted by Gasteiger charge is -2.19. The number of hydrogen-bond acceptors (Lipinski definition) is 4. The highest BCUT2D eigenvalue weighted by Gasteiger charge is 2.21. The summed E-state index contributed by atoms with van der Waals surface area (Å²) in [5, 5.41) is 0. The Hall–Kier alpha value is -1.12. The Morgan fingerprint density at radius 1 is 1.33 bits per heavy atom. The number of likely N-dealkylation sites (N-methyl/N-ethyl adjacent to an activating group) is 1. The maximum atomic E-state index is 12.3. The van der Waals surface area contributed by atoms with Crippen molar-refractivity contribution in [2.24, 2.45) is 0 Å². The van der Waals surface area contributed by atoms with E-state index in [0.717, 1.165) is 0 Å². The highest BCUT2D eigenvalue weighted by molar-refractivity contribution is 9.10. The maximum Gasteiger partial charge on any atom is 0.241 e. The van der Waals surface area contributed by atoms with Gasteiger partial charge in [-0.15, -0.1) is 0 Å². The quantitative estimate of drug-likeness (QED) is 0.734. The molecule has 0 radical (unpaired) electrons. The first kappa shape index (κ1) is 17.9. The second-order valence-electron chi connectivity index (χ2n) is 4.51. The Labute approximate surface area is 133 Å². The summed E-state index contributed by atoms with van der Waals surface area (Å²) >= 11 is 3.22. The first-order valence-electron chi connectivity index (χ1n) is 6.56. The van der Waals surface area contributed by atoms with Crippen molar-refractivity contribution < 1.29 is 13.2 Å². The van der Waals surface area contributed by atoms with Crippen molar-refractivity contribution in [1.82, 2.24) is 9.62 Å². The van der Waals surface area contributed by atoms with Gasteiger partial charge < -0.3 is 10.6 Å². The van der Waals surface area contributed by atoms with Gasteiger partial charge in [0.25, 0.3) is 0 Å². The Kier molecular flexibility index (Phi) is 6.18. The molecule has 1 rings (SSSR count). The van der Waals surface area contributed by atoms with Gasteiger partial charge in [0.2, 0.25) is 15.9 Å². The molecule has 3 N–H and O–H groups in total. The van der Waals surface area contributed by atoms with Gasteiger partial charge in [-0.1, -0.05) is 15.9 Å². The van der Waals surface area contributed by atoms with Crippen LogP contribution in [0.25, 0.3) is 0 Å². The number of hydrogen-bond donors (Lipinski definition) is 2. The van der Waals surface area contributed by atoms with Gasteiger partial charge in [-0.3, -0.25) is 4.79 Å². The average Bonchev–Trinajstić information content (AvgIpc) is 2.42. The molecule has 0 bridgehead atoms. The number of nitrogens with two attached hydrogens (primary N) is 1. The smallest absolute Gasteiger partial charge is 0.241 e. The molecule has 0 aliphatic carbocycles. The van der Waals surface area contributed by atoms with Crippen LogP contribution in [0.1, 0.15) is 19.4 Å². The molecule has 6 nitrogen and oxygen atoms in total. The third-order valence-corrected chi connectivity index (χ3v) is 5.17. The first-order chi connectivity index (χ1) is 9.72. The topological polar surface area (TPSA) is 92.5 Å². The van der Waals surface area contributed by atoms with Gasteiger partial charge in [-0.05, 0) is 38.5 Å². The van der Waals surface area contributed by atoms with Crippen LogP contribution in [0.15, 0.2) is 21.5 Å². The maximum absolute atomic E-state index is 12.3. The van der Waals surface area contributed by atoms with E-state index in [-0.39, 0.29) is 17.3 Å². The van der Waals surface area contributed by atoms with E-state index in [9.17, 15) is 13.2 Å². The van der Waals surface area contributed by atoms with Crippen molar-refractivity contribution in [2.45, 2.75) is 25.7 Å². The molecular formula is C13H20BrN3O3S. The van der Waals surface area contributed by atoms with Gasteiger partial charge in [0, 0.05) is 23.2 Å². The zero-order valence-electron chi connectivity index (χ0n) is 12.3. The summed E-state index contributed by atoms with van der Waals surface area (Å²) in [5.74, 6) is -0.260. The minimum Gasteiger partial charge on any atom is -0.398 e. The highest BCUT2D eigenvalue weighted by Crippen LogP contribution is 2.26. The van der Waals surface area contributed by atoms with Gasteiger partial charge in [0.15, 0.2) is 0 Å². The number of rotatable bonds is 6. The first-order valence-corrected chi connectivity index (χ1v) is 8.83. The molecule has 8 heteroatoms. The molecule has 0 unspecified atom stereocenters. The van der Waals surface area contributed by atoms with Crippen LogP contribution in [0, 0.1) is 6.92 Å². The molecule has 21 heavy (non-hydrogen) atoms. The second kappa shape index (κ2) is 7.24. The molecule has 0 aliphatic rings. The van der Waals surface area contributed by atoms with Crippen molar-refractivity contribution >= 4 is 37.5 Å². The van der Waals surface area contributed by atoms with Gasteiger partial charge in [-0.2, -0.15) is 0 Å². The lowest BCUT2D eigenvalue weighted by atomic mass is 10.2. The van der Waals surface area contributed by atoms with Crippen LogP contribution in [-0.2, 0) is 14.8 Å². The number of amides is 1. The number of nitrogen functional groups attached to an aromatic ring is 1. The van der Waals surface area contributed by atoms with E-state index in [0.29, 0.717) is 28.8 Å². The fourth-order valence-corrected chi connectivity index (χ4v) is 3.78. The molecule has 0 aliphatic heterocycles. The zero-order valence-corrected chi connectivity index (χ0v) is 14.7. The summed E-state index contributed by atoms with van der Waals surface area (Å²) in [5.41, 5.74) is 6.60. The van der Waals surface area contributed by atoms with Crippen molar-refractivity contribution in [3.05, 3.63) is 22.2 Å². The van der Waals surface area contributed by atoms with Crippen LogP contribution >= 0.6 is 15.9 Å². The van der Waals surface area contributed by atoms with Crippen LogP contribution in [0.5, 0.6) is 0 Å². The van der Waals surface area contributed by atoms with Crippen LogP contribution in [-0.4, -0.2) is 38.9 Å². The van der Waals surface area contributed by atoms with Crippen LogP contribution in [0.3, 0.4) is 0 Å². The van der Waals surface area contributed by atoms with E-state index < -0.39 is 10.0 Å². The standard InChI is InChI=1S/C13H20BrN3O3S/c1-4-17(5-2)13(18)8-16-21(19,20)12-7-10(14)6-11(15)9(12)3/h6-7,16H,4-5,8,15H2,1-3H3. The van der Waals surface area contributed by atoms with Crippen molar-refractivity contribution in [1.29, 1.82) is 0 Å². The normalized spacial score (nSPS) is 11.4. The number of benzene rings is 1. The molecule has 0 saturated heterocycles. The minimum absolute atomic E-state index is 0.0710. The Bertz CT molecular complexity index is 628. The summed E-state index contributed by atoms with van der Waals surface area (Å²) in [6.45, 7) is 6.13. The fourth-order valence-electron chi connectivity index (χ4n) is 1.88. The summed E-state index contributed by atoms with van der Waals surface area (Å²) in [7, 11) is -3.79. The molecule has 0 aromatic heterocycles. The minimum atomic E-state index is -3.79. The van der Waals surface area contributed by atoms with Crippen LogP contribution < -0.4 is 10.5 Å². The molecule has 0 heterocycles. The number of nitrogens with one attached hydrogen (secondary N) is 1. The van der Waals surface area contributed by atoms with Gasteiger partial charge in [0.05, 0.1) is 11.4 Å². The zero-order chi connectivity index (χ0) is 16.2. The number of nitrogens with zero attached hydrogens (tertiary/aromatic N) is 1. The van der Waals surface area contributed by atoms with E-state index in [4.69, 9.17) is 5.73 Å². The lowest BCUT2D eigenvalue weighted by molar-refractivity contribution is -0.129. The summed E-state index contributed by atoms with van der Waals surface area (Å²) < 4.78 is 27.5. The largest absolute Gasteiger partial charge is 0.398 e. The number of carbonyl (C=O) groups is 1. The SMILES string of the molecule is CCN(CC)C(=O)CNS(=O)(=O)c1cc(Br)cc(N)c1C. The summed E-state index contributed by atoms with van der Waals surface area (Å²) in [4.78, 5) is 13.5. The van der Waals surface area contributed by atoms with E-state index >= 15 is 0 Å². The molecule has 1 amide bonds. The monoisotopic (exact) mass is 377 g/mol. The van der Waals surface area contributed by atoms with E-state index in [1.807, 2.05) is 13.8 Å². The highest BCUT2D eigenvalue weighted by atomic mass is 79.9. The van der Waals surface area contributed by atoms with Gasteiger partial charge >= 0.3 is 0 Å². The third kappa shape index (κ3) is 4.42. The Morgan fingerprint density at radius 2 is 1.90 bits per heavy atom. The lowest BCUT2D eigenvalue weighted by Crippen LogP contribution is -2.40. The molecule has 1 aromatic rings. The van der Waals surface area contributed by atoms with E-state index in [2.05, 4.69) is 20.7 Å². The third-order valence-electron chi connectivity index (χ3n) is 3.18. The molecule has 0 saturated carbocycles. The molecule has 0 fully saturated rings. The predicted octanol–water partition coefficient (Wildman–Crippen LogP) is 1.49. The van der Waals surface area contributed by atoms with Gasteiger partial charge in [0.1, 0.15) is 0 Å². The van der Waals surface area contributed by atoms with E-state index in [1.54, 1.807) is 17.9 Å². The predicted molar refractivity (Wildman–Crippen MR) is 86.4 cm³/mol. The number of carbonyl (C=O) groups excluding carboxylic acids is 1. The summed E-state index contributed by atoms with van der Waals surface area (Å²) in [6, 6.07) is 3.10. The summed E-state index contributed by atoms with van der Waals surface area (Å²) in [6.07, 6.45) is 0. The number of halogens is 1.